The number of amides is 1. The number of rotatable bonds is 4. The van der Waals surface area contributed by atoms with Crippen molar-refractivity contribution in [3.63, 3.8) is 0 Å². The molecule has 1 atom stereocenters. The first kappa shape index (κ1) is 15.0. The van der Waals surface area contributed by atoms with Gasteiger partial charge in [0.1, 0.15) is 0 Å². The summed E-state index contributed by atoms with van der Waals surface area (Å²) in [5.74, 6) is -0.107. The lowest BCUT2D eigenvalue weighted by Crippen LogP contribution is -2.48. The van der Waals surface area contributed by atoms with Crippen molar-refractivity contribution in [1.82, 2.24) is 5.32 Å². The molecule has 0 saturated carbocycles. The minimum absolute atomic E-state index is 0.107. The van der Waals surface area contributed by atoms with Gasteiger partial charge in [-0.25, -0.2) is 0 Å². The number of nitrogens with two attached hydrogens (primary N) is 1. The molecule has 0 spiro atoms. The van der Waals surface area contributed by atoms with Crippen LogP contribution in [-0.2, 0) is 11.2 Å². The average molecular weight is 269 g/mol. The number of carbonyl (C=O) groups excluding carboxylic acids is 1. The number of hydrogen-bond donors (Lipinski definition) is 2. The second-order valence-corrected chi connectivity index (χ2v) is 5.95. The third kappa shape index (κ3) is 4.67. The molecule has 1 amide bonds. The molecule has 0 saturated heterocycles. The summed E-state index contributed by atoms with van der Waals surface area (Å²) in [5.41, 5.74) is 6.75. The maximum Gasteiger partial charge on any atom is 0.237 e. The number of carbonyl (C=O) groups is 1. The summed E-state index contributed by atoms with van der Waals surface area (Å²) in [6, 6.07) is 7.13. The van der Waals surface area contributed by atoms with Gasteiger partial charge in [0, 0.05) is 11.6 Å². The zero-order chi connectivity index (χ0) is 13.8. The molecule has 1 aromatic carbocycles. The summed E-state index contributed by atoms with van der Waals surface area (Å²) in [4.78, 5) is 11.8. The van der Waals surface area contributed by atoms with Crippen molar-refractivity contribution in [3.8, 4) is 0 Å². The third-order valence-corrected chi connectivity index (χ3v) is 3.05. The molecule has 0 aromatic heterocycles. The summed E-state index contributed by atoms with van der Waals surface area (Å²) in [6.07, 6.45) is 0.753. The predicted molar refractivity (Wildman–Crippen MR) is 75.6 cm³/mol. The molecule has 1 aromatic rings. The summed E-state index contributed by atoms with van der Waals surface area (Å²) in [6.45, 7) is 6.43. The highest BCUT2D eigenvalue weighted by Gasteiger charge is 2.26. The summed E-state index contributed by atoms with van der Waals surface area (Å²) >= 11 is 5.89. The fourth-order valence-electron chi connectivity index (χ4n) is 1.53. The molecule has 0 heterocycles. The maximum absolute atomic E-state index is 11.8. The second kappa shape index (κ2) is 6.21. The van der Waals surface area contributed by atoms with Gasteiger partial charge in [0.25, 0.3) is 0 Å². The van der Waals surface area contributed by atoms with Crippen LogP contribution in [0.3, 0.4) is 0 Å². The van der Waals surface area contributed by atoms with Gasteiger partial charge in [-0.15, -0.1) is 0 Å². The standard InChI is InChI=1S/C14H21ClN2O/c1-14(2,3)12(16)13(18)17-8-7-10-5-4-6-11(15)9-10/h4-6,9,12H,7-8,16H2,1-3H3,(H,17,18). The molecule has 0 bridgehead atoms. The first-order chi connectivity index (χ1) is 8.30. The topological polar surface area (TPSA) is 55.1 Å². The number of hydrogen-bond acceptors (Lipinski definition) is 2. The van der Waals surface area contributed by atoms with E-state index in [2.05, 4.69) is 5.32 Å². The third-order valence-electron chi connectivity index (χ3n) is 2.82. The van der Waals surface area contributed by atoms with E-state index in [1.807, 2.05) is 45.0 Å². The van der Waals surface area contributed by atoms with Gasteiger partial charge in [0.2, 0.25) is 5.91 Å². The SMILES string of the molecule is CC(C)(C)C(N)C(=O)NCCc1cccc(Cl)c1. The van der Waals surface area contributed by atoms with Crippen LogP contribution in [0.4, 0.5) is 0 Å². The molecular weight excluding hydrogens is 248 g/mol. The van der Waals surface area contributed by atoms with Gasteiger partial charge in [-0.2, -0.15) is 0 Å². The first-order valence-corrected chi connectivity index (χ1v) is 6.46. The molecular formula is C14H21ClN2O. The molecule has 100 valence electrons. The van der Waals surface area contributed by atoms with Crippen molar-refractivity contribution in [2.45, 2.75) is 33.2 Å². The smallest absolute Gasteiger partial charge is 0.237 e. The van der Waals surface area contributed by atoms with E-state index in [1.165, 1.54) is 0 Å². The average Bonchev–Trinajstić information content (AvgIpc) is 2.26. The largest absolute Gasteiger partial charge is 0.354 e. The van der Waals surface area contributed by atoms with Crippen molar-refractivity contribution < 1.29 is 4.79 Å². The Morgan fingerprint density at radius 2 is 2.11 bits per heavy atom. The van der Waals surface area contributed by atoms with Crippen LogP contribution in [0.15, 0.2) is 24.3 Å². The zero-order valence-corrected chi connectivity index (χ0v) is 11.9. The normalized spacial score (nSPS) is 13.2. The van der Waals surface area contributed by atoms with E-state index in [1.54, 1.807) is 0 Å². The van der Waals surface area contributed by atoms with E-state index in [-0.39, 0.29) is 11.3 Å². The van der Waals surface area contributed by atoms with Gasteiger partial charge in [0.15, 0.2) is 0 Å². The van der Waals surface area contributed by atoms with Crippen LogP contribution < -0.4 is 11.1 Å². The number of halogens is 1. The van der Waals surface area contributed by atoms with E-state index in [0.29, 0.717) is 11.6 Å². The molecule has 0 aliphatic heterocycles. The lowest BCUT2D eigenvalue weighted by Gasteiger charge is -2.25. The van der Waals surface area contributed by atoms with Gasteiger partial charge in [-0.05, 0) is 29.5 Å². The van der Waals surface area contributed by atoms with Crippen molar-refractivity contribution >= 4 is 17.5 Å². The Morgan fingerprint density at radius 1 is 1.44 bits per heavy atom. The fraction of sp³-hybridized carbons (Fsp3) is 0.500. The second-order valence-electron chi connectivity index (χ2n) is 5.51. The Hall–Kier alpha value is -1.06. The molecule has 0 aliphatic carbocycles. The van der Waals surface area contributed by atoms with E-state index < -0.39 is 6.04 Å². The number of nitrogens with one attached hydrogen (secondary N) is 1. The minimum atomic E-state index is -0.489. The lowest BCUT2D eigenvalue weighted by molar-refractivity contribution is -0.124. The fourth-order valence-corrected chi connectivity index (χ4v) is 1.74. The van der Waals surface area contributed by atoms with Gasteiger partial charge >= 0.3 is 0 Å². The van der Waals surface area contributed by atoms with E-state index >= 15 is 0 Å². The monoisotopic (exact) mass is 268 g/mol. The van der Waals surface area contributed by atoms with Gasteiger partial charge in [-0.3, -0.25) is 4.79 Å². The molecule has 0 aliphatic rings. The summed E-state index contributed by atoms with van der Waals surface area (Å²) in [5, 5.41) is 3.56. The molecule has 3 nitrogen and oxygen atoms in total. The van der Waals surface area contributed by atoms with Crippen LogP contribution in [-0.4, -0.2) is 18.5 Å². The Kier molecular flexibility index (Phi) is 5.17. The van der Waals surface area contributed by atoms with Gasteiger partial charge in [0.05, 0.1) is 6.04 Å². The number of benzene rings is 1. The highest BCUT2D eigenvalue weighted by Crippen LogP contribution is 2.17. The van der Waals surface area contributed by atoms with Gasteiger partial charge in [-0.1, -0.05) is 44.5 Å². The van der Waals surface area contributed by atoms with E-state index in [0.717, 1.165) is 12.0 Å². The molecule has 18 heavy (non-hydrogen) atoms. The molecule has 1 rings (SSSR count). The minimum Gasteiger partial charge on any atom is -0.354 e. The first-order valence-electron chi connectivity index (χ1n) is 6.08. The van der Waals surface area contributed by atoms with Crippen molar-refractivity contribution in [3.05, 3.63) is 34.9 Å². The predicted octanol–water partition coefficient (Wildman–Crippen LogP) is 2.37. The van der Waals surface area contributed by atoms with E-state index in [9.17, 15) is 4.79 Å². The van der Waals surface area contributed by atoms with Crippen LogP contribution in [0.2, 0.25) is 5.02 Å². The molecule has 1 unspecified atom stereocenters. The van der Waals surface area contributed by atoms with Crippen LogP contribution in [0.1, 0.15) is 26.3 Å². The van der Waals surface area contributed by atoms with Crippen molar-refractivity contribution in [2.24, 2.45) is 11.1 Å². The Bertz CT molecular complexity index is 413. The molecule has 3 N–H and O–H groups in total. The molecule has 4 heteroatoms. The Morgan fingerprint density at radius 3 is 2.67 bits per heavy atom. The summed E-state index contributed by atoms with van der Waals surface area (Å²) in [7, 11) is 0. The quantitative estimate of drug-likeness (QED) is 0.881. The van der Waals surface area contributed by atoms with Crippen molar-refractivity contribution in [2.75, 3.05) is 6.54 Å². The molecule has 0 fully saturated rings. The summed E-state index contributed by atoms with van der Waals surface area (Å²) < 4.78 is 0. The Labute approximate surface area is 114 Å². The zero-order valence-electron chi connectivity index (χ0n) is 11.2. The lowest BCUT2D eigenvalue weighted by atomic mass is 9.87. The maximum atomic E-state index is 11.8. The van der Waals surface area contributed by atoms with Crippen LogP contribution >= 0.6 is 11.6 Å². The molecule has 0 radical (unpaired) electrons. The highest BCUT2D eigenvalue weighted by atomic mass is 35.5. The highest BCUT2D eigenvalue weighted by molar-refractivity contribution is 6.30. The van der Waals surface area contributed by atoms with Crippen LogP contribution in [0, 0.1) is 5.41 Å². The van der Waals surface area contributed by atoms with Gasteiger partial charge < -0.3 is 11.1 Å². The van der Waals surface area contributed by atoms with Crippen LogP contribution in [0.5, 0.6) is 0 Å². The Balaban J connectivity index is 2.41. The van der Waals surface area contributed by atoms with E-state index in [4.69, 9.17) is 17.3 Å². The van der Waals surface area contributed by atoms with Crippen molar-refractivity contribution in [1.29, 1.82) is 0 Å². The van der Waals surface area contributed by atoms with Crippen LogP contribution in [0.25, 0.3) is 0 Å².